The van der Waals surface area contributed by atoms with Gasteiger partial charge < -0.3 is 10.5 Å². The Morgan fingerprint density at radius 2 is 2.10 bits per heavy atom. The molecule has 21 heavy (non-hydrogen) atoms. The molecule has 0 radical (unpaired) electrons. The zero-order valence-corrected chi connectivity index (χ0v) is 13.7. The molecule has 0 aliphatic heterocycles. The van der Waals surface area contributed by atoms with Gasteiger partial charge in [-0.3, -0.25) is 0 Å². The van der Waals surface area contributed by atoms with E-state index in [0.29, 0.717) is 24.8 Å². The third kappa shape index (κ3) is 3.56. The molecule has 0 bridgehead atoms. The predicted octanol–water partition coefficient (Wildman–Crippen LogP) is 2.01. The summed E-state index contributed by atoms with van der Waals surface area (Å²) in [5, 5.41) is 0. The summed E-state index contributed by atoms with van der Waals surface area (Å²) >= 11 is 0. The summed E-state index contributed by atoms with van der Waals surface area (Å²) in [4.78, 5) is 0.191. The number of benzene rings is 1. The summed E-state index contributed by atoms with van der Waals surface area (Å²) in [5.74, 6) is 0.448. The van der Waals surface area contributed by atoms with Gasteiger partial charge in [-0.05, 0) is 50.3 Å². The van der Waals surface area contributed by atoms with E-state index in [1.807, 2.05) is 13.8 Å². The fourth-order valence-electron chi connectivity index (χ4n) is 2.57. The normalized spacial score (nSPS) is 17.1. The highest BCUT2D eigenvalue weighted by molar-refractivity contribution is 7.89. The second-order valence-corrected chi connectivity index (χ2v) is 7.59. The molecule has 118 valence electrons. The molecule has 1 unspecified atom stereocenters. The minimum Gasteiger partial charge on any atom is -0.398 e. The molecular weight excluding hydrogens is 288 g/mol. The Morgan fingerprint density at radius 1 is 1.43 bits per heavy atom. The summed E-state index contributed by atoms with van der Waals surface area (Å²) in [5.41, 5.74) is 7.18. The van der Waals surface area contributed by atoms with Crippen LogP contribution in [0.3, 0.4) is 0 Å². The summed E-state index contributed by atoms with van der Waals surface area (Å²) in [6.45, 7) is 4.59. The molecule has 5 nitrogen and oxygen atoms in total. The highest BCUT2D eigenvalue weighted by Crippen LogP contribution is 2.37. The molecule has 0 heterocycles. The number of ether oxygens (including phenoxy) is 1. The largest absolute Gasteiger partial charge is 0.398 e. The van der Waals surface area contributed by atoms with E-state index in [4.69, 9.17) is 10.5 Å². The van der Waals surface area contributed by atoms with Gasteiger partial charge in [-0.25, -0.2) is 8.42 Å². The molecule has 2 rings (SSSR count). The lowest BCUT2D eigenvalue weighted by Crippen LogP contribution is -2.42. The zero-order chi connectivity index (χ0) is 15.6. The number of anilines is 1. The van der Waals surface area contributed by atoms with Gasteiger partial charge in [0.15, 0.2) is 0 Å². The number of hydrogen-bond donors (Lipinski definition) is 1. The zero-order valence-electron chi connectivity index (χ0n) is 12.9. The van der Waals surface area contributed by atoms with Crippen LogP contribution in [0.5, 0.6) is 0 Å². The highest BCUT2D eigenvalue weighted by atomic mass is 32.2. The number of nitrogens with two attached hydrogens (primary N) is 1. The second-order valence-electron chi connectivity index (χ2n) is 5.73. The smallest absolute Gasteiger partial charge is 0.245 e. The molecule has 1 aliphatic rings. The van der Waals surface area contributed by atoms with Crippen LogP contribution in [0.1, 0.15) is 25.3 Å². The van der Waals surface area contributed by atoms with Crippen LogP contribution in [0, 0.1) is 12.8 Å². The van der Waals surface area contributed by atoms with Crippen molar-refractivity contribution in [2.45, 2.75) is 37.6 Å². The van der Waals surface area contributed by atoms with Crippen molar-refractivity contribution in [3.8, 4) is 0 Å². The molecule has 0 saturated heterocycles. The second kappa shape index (κ2) is 6.34. The van der Waals surface area contributed by atoms with E-state index in [9.17, 15) is 8.42 Å². The number of nitrogens with zero attached hydrogens (tertiary/aromatic N) is 1. The SMILES string of the molecule is COCCN(C(C)C1CC1)S(=O)(=O)c1ccc(C)cc1N. The average molecular weight is 312 g/mol. The van der Waals surface area contributed by atoms with E-state index in [0.717, 1.165) is 18.4 Å². The van der Waals surface area contributed by atoms with Crippen molar-refractivity contribution in [3.05, 3.63) is 23.8 Å². The maximum Gasteiger partial charge on any atom is 0.245 e. The first kappa shape index (κ1) is 16.3. The van der Waals surface area contributed by atoms with Crippen LogP contribution >= 0.6 is 0 Å². The fourth-order valence-corrected chi connectivity index (χ4v) is 4.34. The first-order chi connectivity index (χ1) is 9.87. The van der Waals surface area contributed by atoms with Gasteiger partial charge in [0.25, 0.3) is 0 Å². The molecule has 1 aliphatic carbocycles. The number of sulfonamides is 1. The lowest BCUT2D eigenvalue weighted by Gasteiger charge is -2.28. The third-order valence-electron chi connectivity index (χ3n) is 4.03. The van der Waals surface area contributed by atoms with Crippen molar-refractivity contribution in [1.29, 1.82) is 0 Å². The minimum atomic E-state index is -3.60. The van der Waals surface area contributed by atoms with Gasteiger partial charge in [0, 0.05) is 19.7 Å². The fraction of sp³-hybridized carbons (Fsp3) is 0.600. The molecule has 1 aromatic carbocycles. The van der Waals surface area contributed by atoms with Gasteiger partial charge in [0.1, 0.15) is 4.90 Å². The van der Waals surface area contributed by atoms with Crippen LogP contribution in [0.15, 0.2) is 23.1 Å². The van der Waals surface area contributed by atoms with Gasteiger partial charge in [0.05, 0.1) is 12.3 Å². The van der Waals surface area contributed by atoms with Crippen LogP contribution < -0.4 is 5.73 Å². The van der Waals surface area contributed by atoms with Gasteiger partial charge in [-0.2, -0.15) is 4.31 Å². The Hall–Kier alpha value is -1.11. The minimum absolute atomic E-state index is 0.0224. The molecule has 1 aromatic rings. The third-order valence-corrected chi connectivity index (χ3v) is 6.09. The standard InChI is InChI=1S/C15H24N2O3S/c1-11-4-7-15(14(16)10-11)21(18,19)17(8-9-20-3)12(2)13-5-6-13/h4,7,10,12-13H,5-6,8-9,16H2,1-3H3. The molecule has 1 fully saturated rings. The van der Waals surface area contributed by atoms with Crippen molar-refractivity contribution in [2.75, 3.05) is 26.0 Å². The maximum absolute atomic E-state index is 12.9. The Bertz CT molecular complexity index is 597. The number of aryl methyl sites for hydroxylation is 1. The quantitative estimate of drug-likeness (QED) is 0.782. The number of methoxy groups -OCH3 is 1. The lowest BCUT2D eigenvalue weighted by atomic mass is 10.2. The van der Waals surface area contributed by atoms with Crippen LogP contribution in [0.4, 0.5) is 5.69 Å². The number of rotatable bonds is 7. The van der Waals surface area contributed by atoms with Crippen molar-refractivity contribution in [2.24, 2.45) is 5.92 Å². The molecule has 0 amide bonds. The molecule has 0 aromatic heterocycles. The predicted molar refractivity (Wildman–Crippen MR) is 83.5 cm³/mol. The average Bonchev–Trinajstić information content (AvgIpc) is 3.22. The van der Waals surface area contributed by atoms with Crippen LogP contribution in [-0.4, -0.2) is 39.0 Å². The van der Waals surface area contributed by atoms with Crippen LogP contribution in [-0.2, 0) is 14.8 Å². The van der Waals surface area contributed by atoms with E-state index in [1.54, 1.807) is 25.3 Å². The summed E-state index contributed by atoms with van der Waals surface area (Å²) in [6, 6.07) is 5.05. The van der Waals surface area contributed by atoms with Crippen molar-refractivity contribution >= 4 is 15.7 Å². The Labute approximate surface area is 127 Å². The van der Waals surface area contributed by atoms with Crippen LogP contribution in [0.25, 0.3) is 0 Å². The van der Waals surface area contributed by atoms with Gasteiger partial charge in [-0.15, -0.1) is 0 Å². The Balaban J connectivity index is 2.35. The van der Waals surface area contributed by atoms with E-state index >= 15 is 0 Å². The van der Waals surface area contributed by atoms with E-state index in [2.05, 4.69) is 0 Å². The van der Waals surface area contributed by atoms with E-state index in [1.165, 1.54) is 4.31 Å². The number of hydrogen-bond acceptors (Lipinski definition) is 4. The molecule has 2 N–H and O–H groups in total. The summed E-state index contributed by atoms with van der Waals surface area (Å²) < 4.78 is 32.5. The first-order valence-corrected chi connectivity index (χ1v) is 8.69. The van der Waals surface area contributed by atoms with Gasteiger partial charge in [-0.1, -0.05) is 6.07 Å². The lowest BCUT2D eigenvalue weighted by molar-refractivity contribution is 0.164. The van der Waals surface area contributed by atoms with Crippen molar-refractivity contribution < 1.29 is 13.2 Å². The Morgan fingerprint density at radius 3 is 2.62 bits per heavy atom. The first-order valence-electron chi connectivity index (χ1n) is 7.25. The highest BCUT2D eigenvalue weighted by Gasteiger charge is 2.38. The Kier molecular flexibility index (Phi) is 4.91. The molecular formula is C15H24N2O3S. The molecule has 1 atom stereocenters. The van der Waals surface area contributed by atoms with Crippen molar-refractivity contribution in [1.82, 2.24) is 4.31 Å². The van der Waals surface area contributed by atoms with Gasteiger partial charge >= 0.3 is 0 Å². The summed E-state index contributed by atoms with van der Waals surface area (Å²) in [6.07, 6.45) is 2.17. The number of nitrogen functional groups attached to an aromatic ring is 1. The molecule has 0 spiro atoms. The van der Waals surface area contributed by atoms with Gasteiger partial charge in [0.2, 0.25) is 10.0 Å². The monoisotopic (exact) mass is 312 g/mol. The van der Waals surface area contributed by atoms with Crippen molar-refractivity contribution in [3.63, 3.8) is 0 Å². The molecule has 1 saturated carbocycles. The van der Waals surface area contributed by atoms with E-state index in [-0.39, 0.29) is 10.9 Å². The van der Waals surface area contributed by atoms with E-state index < -0.39 is 10.0 Å². The van der Waals surface area contributed by atoms with Crippen LogP contribution in [0.2, 0.25) is 0 Å². The summed E-state index contributed by atoms with van der Waals surface area (Å²) in [7, 11) is -2.02. The topological polar surface area (TPSA) is 72.6 Å². The molecule has 6 heteroatoms. The maximum atomic E-state index is 12.9.